The van der Waals surface area contributed by atoms with E-state index in [0.717, 1.165) is 6.07 Å². The van der Waals surface area contributed by atoms with E-state index >= 15 is 0 Å². The molecule has 0 bridgehead atoms. The van der Waals surface area contributed by atoms with Crippen molar-refractivity contribution in [2.24, 2.45) is 5.73 Å². The van der Waals surface area contributed by atoms with Crippen LogP contribution in [0.2, 0.25) is 0 Å². The van der Waals surface area contributed by atoms with E-state index in [1.54, 1.807) is 6.92 Å². The van der Waals surface area contributed by atoms with Gasteiger partial charge in [-0.2, -0.15) is 0 Å². The van der Waals surface area contributed by atoms with Crippen LogP contribution in [0.4, 0.5) is 4.39 Å². The first-order valence-corrected chi connectivity index (χ1v) is 6.83. The highest BCUT2D eigenvalue weighted by atomic mass is 32.2. The van der Waals surface area contributed by atoms with Gasteiger partial charge in [-0.15, -0.1) is 0 Å². The van der Waals surface area contributed by atoms with Gasteiger partial charge in [0.2, 0.25) is 10.0 Å². The quantitative estimate of drug-likeness (QED) is 0.792. The maximum atomic E-state index is 12.9. The van der Waals surface area contributed by atoms with Crippen LogP contribution in [-0.4, -0.2) is 19.4 Å². The molecule has 0 aliphatic heterocycles. The summed E-state index contributed by atoms with van der Waals surface area (Å²) in [6.45, 7) is 1.75. The van der Waals surface area contributed by atoms with Crippen molar-refractivity contribution < 1.29 is 12.8 Å². The molecule has 0 fully saturated rings. The molecule has 0 aliphatic carbocycles. The lowest BCUT2D eigenvalue weighted by atomic mass is 10.2. The van der Waals surface area contributed by atoms with Gasteiger partial charge in [-0.25, -0.2) is 17.5 Å². The largest absolute Gasteiger partial charge is 0.392 e. The van der Waals surface area contributed by atoms with Crippen molar-refractivity contribution in [1.29, 1.82) is 0 Å². The van der Waals surface area contributed by atoms with Crippen molar-refractivity contribution >= 4 is 27.2 Å². The van der Waals surface area contributed by atoms with Crippen LogP contribution < -0.4 is 10.5 Å². The normalized spacial score (nSPS) is 13.3. The fourth-order valence-corrected chi connectivity index (χ4v) is 2.86. The van der Waals surface area contributed by atoms with Crippen molar-refractivity contribution in [2.75, 3.05) is 0 Å². The third-order valence-electron chi connectivity index (χ3n) is 2.16. The van der Waals surface area contributed by atoms with Crippen LogP contribution in [0, 0.1) is 5.82 Å². The first-order valence-electron chi connectivity index (χ1n) is 4.94. The molecule has 0 aliphatic rings. The first-order chi connectivity index (χ1) is 7.86. The van der Waals surface area contributed by atoms with Gasteiger partial charge in [0.25, 0.3) is 0 Å². The standard InChI is InChI=1S/C10H13FN2O2S2/c1-2-9(10(12)16)13-17(14,15)8-5-3-4-7(11)6-8/h3-6,9,13H,2H2,1H3,(H2,12,16). The Bertz CT molecular complexity index is 517. The monoisotopic (exact) mass is 276 g/mol. The van der Waals surface area contributed by atoms with Crippen LogP contribution in [0.1, 0.15) is 13.3 Å². The Morgan fingerprint density at radius 1 is 1.59 bits per heavy atom. The predicted molar refractivity (Wildman–Crippen MR) is 67.6 cm³/mol. The average Bonchev–Trinajstić information content (AvgIpc) is 2.25. The molecule has 0 radical (unpaired) electrons. The minimum atomic E-state index is -3.80. The number of sulfonamides is 1. The second-order valence-electron chi connectivity index (χ2n) is 3.44. The molecule has 0 spiro atoms. The summed E-state index contributed by atoms with van der Waals surface area (Å²) in [7, 11) is -3.80. The zero-order valence-electron chi connectivity index (χ0n) is 9.18. The van der Waals surface area contributed by atoms with Gasteiger partial charge >= 0.3 is 0 Å². The van der Waals surface area contributed by atoms with Crippen LogP contribution in [0.15, 0.2) is 29.2 Å². The van der Waals surface area contributed by atoms with Crippen LogP contribution >= 0.6 is 12.2 Å². The molecule has 0 amide bonds. The van der Waals surface area contributed by atoms with Gasteiger partial charge in [0.1, 0.15) is 5.82 Å². The van der Waals surface area contributed by atoms with Gasteiger partial charge in [-0.1, -0.05) is 25.2 Å². The van der Waals surface area contributed by atoms with Crippen LogP contribution in [-0.2, 0) is 10.0 Å². The van der Waals surface area contributed by atoms with E-state index in [1.165, 1.54) is 18.2 Å². The molecule has 0 saturated carbocycles. The SMILES string of the molecule is CCC(NS(=O)(=O)c1cccc(F)c1)C(N)=S. The molecule has 1 atom stereocenters. The summed E-state index contributed by atoms with van der Waals surface area (Å²) in [4.78, 5) is -0.0836. The van der Waals surface area contributed by atoms with Crippen molar-refractivity contribution in [3.8, 4) is 0 Å². The Kier molecular flexibility index (Phi) is 4.55. The van der Waals surface area contributed by atoms with Crippen molar-refractivity contribution in [1.82, 2.24) is 4.72 Å². The Labute approximate surface area is 105 Å². The number of halogens is 1. The average molecular weight is 276 g/mol. The molecule has 94 valence electrons. The van der Waals surface area contributed by atoms with E-state index in [2.05, 4.69) is 4.72 Å². The second kappa shape index (κ2) is 5.52. The molecule has 0 aromatic heterocycles. The van der Waals surface area contributed by atoms with Crippen LogP contribution in [0.25, 0.3) is 0 Å². The molecule has 17 heavy (non-hydrogen) atoms. The zero-order valence-corrected chi connectivity index (χ0v) is 10.8. The van der Waals surface area contributed by atoms with E-state index < -0.39 is 21.9 Å². The molecule has 3 N–H and O–H groups in total. The highest BCUT2D eigenvalue weighted by Crippen LogP contribution is 2.11. The predicted octanol–water partition coefficient (Wildman–Crippen LogP) is 1.17. The van der Waals surface area contributed by atoms with Crippen LogP contribution in [0.5, 0.6) is 0 Å². The van der Waals surface area contributed by atoms with Gasteiger partial charge in [-0.3, -0.25) is 0 Å². The third-order valence-corrected chi connectivity index (χ3v) is 3.91. The number of hydrogen-bond donors (Lipinski definition) is 2. The topological polar surface area (TPSA) is 72.2 Å². The van der Waals surface area contributed by atoms with Gasteiger partial charge in [0, 0.05) is 0 Å². The van der Waals surface area contributed by atoms with E-state index in [-0.39, 0.29) is 9.88 Å². The van der Waals surface area contributed by atoms with Gasteiger partial charge < -0.3 is 5.73 Å². The molecule has 7 heteroatoms. The lowest BCUT2D eigenvalue weighted by Gasteiger charge is -2.15. The minimum Gasteiger partial charge on any atom is -0.392 e. The molecule has 0 saturated heterocycles. The fraction of sp³-hybridized carbons (Fsp3) is 0.300. The summed E-state index contributed by atoms with van der Waals surface area (Å²) in [5.41, 5.74) is 5.39. The summed E-state index contributed by atoms with van der Waals surface area (Å²) in [5.74, 6) is -0.615. The van der Waals surface area contributed by atoms with Gasteiger partial charge in [0.05, 0.1) is 15.9 Å². The number of thiocarbonyl (C=S) groups is 1. The Hall–Kier alpha value is -1.05. The molecule has 0 heterocycles. The first kappa shape index (κ1) is 14.0. The third kappa shape index (κ3) is 3.72. The van der Waals surface area contributed by atoms with Crippen LogP contribution in [0.3, 0.4) is 0 Å². The molecular formula is C10H13FN2O2S2. The Morgan fingerprint density at radius 2 is 2.24 bits per heavy atom. The summed E-state index contributed by atoms with van der Waals surface area (Å²) in [6, 6.07) is 4.11. The number of hydrogen-bond acceptors (Lipinski definition) is 3. The van der Waals surface area contributed by atoms with Gasteiger partial charge in [0.15, 0.2) is 0 Å². The Balaban J connectivity index is 3.00. The highest BCUT2D eigenvalue weighted by Gasteiger charge is 2.20. The summed E-state index contributed by atoms with van der Waals surface area (Å²) < 4.78 is 39.0. The van der Waals surface area contributed by atoms with Crippen molar-refractivity contribution in [2.45, 2.75) is 24.3 Å². The number of benzene rings is 1. The van der Waals surface area contributed by atoms with Gasteiger partial charge in [-0.05, 0) is 24.6 Å². The summed E-state index contributed by atoms with van der Waals surface area (Å²) >= 11 is 4.74. The van der Waals surface area contributed by atoms with E-state index in [9.17, 15) is 12.8 Å². The minimum absolute atomic E-state index is 0.0625. The zero-order chi connectivity index (χ0) is 13.1. The van der Waals surface area contributed by atoms with E-state index in [0.29, 0.717) is 6.42 Å². The van der Waals surface area contributed by atoms with Crippen molar-refractivity contribution in [3.63, 3.8) is 0 Å². The molecule has 1 rings (SSSR count). The maximum absolute atomic E-state index is 12.9. The van der Waals surface area contributed by atoms with E-state index in [1.807, 2.05) is 0 Å². The molecular weight excluding hydrogens is 263 g/mol. The lowest BCUT2D eigenvalue weighted by molar-refractivity contribution is 0.569. The molecule has 1 aromatic rings. The number of nitrogens with two attached hydrogens (primary N) is 1. The molecule has 1 unspecified atom stereocenters. The van der Waals surface area contributed by atoms with E-state index in [4.69, 9.17) is 18.0 Å². The van der Waals surface area contributed by atoms with Crippen molar-refractivity contribution in [3.05, 3.63) is 30.1 Å². The Morgan fingerprint density at radius 3 is 2.71 bits per heavy atom. The smallest absolute Gasteiger partial charge is 0.241 e. The second-order valence-corrected chi connectivity index (χ2v) is 5.63. The summed E-state index contributed by atoms with van der Waals surface area (Å²) in [6.07, 6.45) is 0.434. The number of rotatable bonds is 5. The number of nitrogens with one attached hydrogen (secondary N) is 1. The summed E-state index contributed by atoms with van der Waals surface area (Å²) in [5, 5.41) is 0. The lowest BCUT2D eigenvalue weighted by Crippen LogP contribution is -2.42. The highest BCUT2D eigenvalue weighted by molar-refractivity contribution is 7.89. The molecule has 4 nitrogen and oxygen atoms in total. The fourth-order valence-electron chi connectivity index (χ4n) is 1.23. The molecule has 1 aromatic carbocycles. The maximum Gasteiger partial charge on any atom is 0.241 e.